The van der Waals surface area contributed by atoms with E-state index in [0.29, 0.717) is 72.9 Å². The number of piperidine rings is 1. The average Bonchev–Trinajstić information content (AvgIpc) is 3.81. The second-order valence-corrected chi connectivity index (χ2v) is 15.7. The molecule has 2 aliphatic rings. The number of rotatable bonds is 16. The van der Waals surface area contributed by atoms with Gasteiger partial charge in [0.15, 0.2) is 23.0 Å². The Morgan fingerprint density at radius 2 is 1.53 bits per heavy atom. The molecule has 2 saturated heterocycles. The van der Waals surface area contributed by atoms with Crippen LogP contribution in [0.3, 0.4) is 0 Å². The number of imidazole rings is 1. The van der Waals surface area contributed by atoms with Gasteiger partial charge in [-0.3, -0.25) is 9.35 Å². The van der Waals surface area contributed by atoms with Gasteiger partial charge in [-0.1, -0.05) is 18.2 Å². The summed E-state index contributed by atoms with van der Waals surface area (Å²) in [5, 5.41) is 3.77. The fourth-order valence-electron chi connectivity index (χ4n) is 7.75. The lowest BCUT2D eigenvalue weighted by molar-refractivity contribution is 0.0779. The van der Waals surface area contributed by atoms with Crippen molar-refractivity contribution in [3.8, 4) is 28.7 Å². The van der Waals surface area contributed by atoms with Gasteiger partial charge < -0.3 is 48.1 Å². The highest BCUT2D eigenvalue weighted by Gasteiger charge is 2.42. The smallest absolute Gasteiger partial charge is 0.261 e. The zero-order valence-electron chi connectivity index (χ0n) is 34.1. The molecule has 0 saturated carbocycles. The number of methoxy groups -OCH3 is 5. The highest BCUT2D eigenvalue weighted by Crippen LogP contribution is 2.43. The first-order valence-electron chi connectivity index (χ1n) is 19.1. The second kappa shape index (κ2) is 19.6. The molecule has 15 nitrogen and oxygen atoms in total. The number of carbonyl (C=O) groups excluding carboxylic acids is 1. The topological polar surface area (TPSA) is 163 Å². The molecular weight excluding hydrogens is 755 g/mol. The van der Waals surface area contributed by atoms with Crippen LogP contribution in [0.5, 0.6) is 28.7 Å². The van der Waals surface area contributed by atoms with E-state index in [-0.39, 0.29) is 11.3 Å². The fourth-order valence-corrected chi connectivity index (χ4v) is 7.75. The number of aromatic nitrogens is 2. The number of likely N-dealkylation sites (tertiary alicyclic amines) is 2. The molecule has 312 valence electrons. The summed E-state index contributed by atoms with van der Waals surface area (Å²) >= 11 is 0. The molecule has 1 unspecified atom stereocenters. The molecule has 4 aromatic rings. The van der Waals surface area contributed by atoms with Crippen LogP contribution in [0.4, 0.5) is 5.95 Å². The number of nitrogens with zero attached hydrogens (tertiary/aromatic N) is 4. The summed E-state index contributed by atoms with van der Waals surface area (Å²) in [6.07, 6.45) is 4.47. The van der Waals surface area contributed by atoms with E-state index in [4.69, 9.17) is 38.0 Å². The Labute approximate surface area is 335 Å². The van der Waals surface area contributed by atoms with E-state index in [0.717, 1.165) is 74.4 Å². The summed E-state index contributed by atoms with van der Waals surface area (Å²) < 4.78 is 61.7. The molecule has 0 radical (unpaired) electrons. The van der Waals surface area contributed by atoms with Gasteiger partial charge in [0.2, 0.25) is 11.7 Å². The summed E-state index contributed by atoms with van der Waals surface area (Å²) in [6, 6.07) is 18.3. The molecule has 0 aliphatic carbocycles. The Kier molecular flexibility index (Phi) is 14.9. The Hall–Kier alpha value is -4.77. The SMILES string of the molecule is CCOCCn1c(NC2CCN(CCC3(c4ccc(OC)c(OC)c4)CCN(C(=O)c4cc(OC)c(OC)c(OC)c4)C3)CC2)nc2ccccc21.CS(=O)(=O)O. The summed E-state index contributed by atoms with van der Waals surface area (Å²) in [5.41, 5.74) is 3.49. The molecule has 2 aliphatic heterocycles. The van der Waals surface area contributed by atoms with E-state index in [9.17, 15) is 13.2 Å². The summed E-state index contributed by atoms with van der Waals surface area (Å²) in [4.78, 5) is 23.5. The maximum absolute atomic E-state index is 14.1. The van der Waals surface area contributed by atoms with Crippen LogP contribution >= 0.6 is 0 Å². The number of hydrogen-bond acceptors (Lipinski definition) is 12. The number of nitrogens with one attached hydrogen (secondary N) is 1. The van der Waals surface area contributed by atoms with Crippen molar-refractivity contribution in [2.24, 2.45) is 0 Å². The first-order valence-corrected chi connectivity index (χ1v) is 21.0. The van der Waals surface area contributed by atoms with Crippen LogP contribution in [0, 0.1) is 0 Å². The summed E-state index contributed by atoms with van der Waals surface area (Å²) in [5.74, 6) is 3.59. The van der Waals surface area contributed by atoms with Crippen molar-refractivity contribution in [1.82, 2.24) is 19.4 Å². The Bertz CT molecular complexity index is 2030. The van der Waals surface area contributed by atoms with E-state index >= 15 is 0 Å². The molecule has 1 atom stereocenters. The maximum atomic E-state index is 14.1. The van der Waals surface area contributed by atoms with E-state index in [2.05, 4.69) is 45.1 Å². The number of anilines is 1. The monoisotopic (exact) mass is 811 g/mol. The highest BCUT2D eigenvalue weighted by atomic mass is 32.2. The van der Waals surface area contributed by atoms with Gasteiger partial charge in [0.25, 0.3) is 16.0 Å². The summed E-state index contributed by atoms with van der Waals surface area (Å²) in [6.45, 7) is 8.20. The lowest BCUT2D eigenvalue weighted by Crippen LogP contribution is -2.42. The van der Waals surface area contributed by atoms with Gasteiger partial charge in [-0.2, -0.15) is 8.42 Å². The Morgan fingerprint density at radius 3 is 2.14 bits per heavy atom. The quantitative estimate of drug-likeness (QED) is 0.110. The third kappa shape index (κ3) is 10.8. The molecule has 3 heterocycles. The number of fused-ring (bicyclic) bond motifs is 1. The standard InChI is InChI=1S/C40H53N5O7.CH4O3S/c1-7-52-23-22-45-32-11-9-8-10-31(32)42-39(45)41-30-14-18-43(19-15-30)20-16-40(29-12-13-33(47-2)34(26-29)48-3)17-21-44(27-40)38(46)28-24-35(49-4)37(51-6)36(25-28)50-5;1-5(2,3)4/h8-13,24-26,30H,7,14-23,27H2,1-6H3,(H,41,42);1H3,(H,2,3,4). The van der Waals surface area contributed by atoms with Crippen molar-refractivity contribution >= 4 is 33.0 Å². The lowest BCUT2D eigenvalue weighted by atomic mass is 9.76. The van der Waals surface area contributed by atoms with Crippen molar-refractivity contribution in [3.63, 3.8) is 0 Å². The summed E-state index contributed by atoms with van der Waals surface area (Å²) in [7, 11) is 4.32. The van der Waals surface area contributed by atoms with E-state index in [1.54, 1.807) is 47.7 Å². The number of benzene rings is 3. The van der Waals surface area contributed by atoms with Gasteiger partial charge in [0, 0.05) is 56.4 Å². The number of amides is 1. The van der Waals surface area contributed by atoms with Crippen molar-refractivity contribution < 1.29 is 46.2 Å². The molecule has 16 heteroatoms. The van der Waals surface area contributed by atoms with Gasteiger partial charge in [0.05, 0.1) is 59.4 Å². The van der Waals surface area contributed by atoms with Crippen LogP contribution in [0.1, 0.15) is 48.5 Å². The van der Waals surface area contributed by atoms with Crippen LogP contribution in [-0.2, 0) is 26.8 Å². The number of ether oxygens (including phenoxy) is 6. The molecule has 3 aromatic carbocycles. The van der Waals surface area contributed by atoms with Crippen LogP contribution < -0.4 is 29.0 Å². The van der Waals surface area contributed by atoms with Crippen molar-refractivity contribution in [1.29, 1.82) is 0 Å². The van der Waals surface area contributed by atoms with Crippen LogP contribution in [0.25, 0.3) is 11.0 Å². The number of carbonyl (C=O) groups is 1. The second-order valence-electron chi connectivity index (χ2n) is 14.3. The molecule has 1 aromatic heterocycles. The molecule has 57 heavy (non-hydrogen) atoms. The van der Waals surface area contributed by atoms with Crippen molar-refractivity contribution in [2.45, 2.75) is 50.6 Å². The molecule has 0 bridgehead atoms. The fraction of sp³-hybridized carbons (Fsp3) is 0.512. The van der Waals surface area contributed by atoms with E-state index in [1.807, 2.05) is 24.0 Å². The molecule has 6 rings (SSSR count). The Morgan fingerprint density at radius 1 is 0.877 bits per heavy atom. The van der Waals surface area contributed by atoms with Crippen LogP contribution in [0.2, 0.25) is 0 Å². The number of para-hydroxylation sites is 2. The van der Waals surface area contributed by atoms with Gasteiger partial charge in [-0.15, -0.1) is 0 Å². The molecule has 2 fully saturated rings. The predicted molar refractivity (Wildman–Crippen MR) is 219 cm³/mol. The first kappa shape index (κ1) is 43.4. The largest absolute Gasteiger partial charge is 0.493 e. The molecule has 1 amide bonds. The molecule has 2 N–H and O–H groups in total. The molecule has 0 spiro atoms. The van der Waals surface area contributed by atoms with E-state index < -0.39 is 10.1 Å². The predicted octanol–water partition coefficient (Wildman–Crippen LogP) is 5.37. The van der Waals surface area contributed by atoms with Crippen LogP contribution in [-0.4, -0.2) is 132 Å². The van der Waals surface area contributed by atoms with Crippen LogP contribution in [0.15, 0.2) is 54.6 Å². The zero-order valence-corrected chi connectivity index (χ0v) is 34.9. The highest BCUT2D eigenvalue weighted by molar-refractivity contribution is 7.85. The normalized spacial score (nSPS) is 17.5. The first-order chi connectivity index (χ1) is 27.4. The minimum Gasteiger partial charge on any atom is -0.493 e. The van der Waals surface area contributed by atoms with Gasteiger partial charge in [-0.05, 0) is 81.1 Å². The van der Waals surface area contributed by atoms with E-state index in [1.165, 1.54) is 0 Å². The Balaban J connectivity index is 0.00000117. The maximum Gasteiger partial charge on any atom is 0.261 e. The third-order valence-corrected chi connectivity index (χ3v) is 10.7. The lowest BCUT2D eigenvalue weighted by Gasteiger charge is -2.36. The van der Waals surface area contributed by atoms with Crippen molar-refractivity contribution in [3.05, 3.63) is 65.7 Å². The zero-order chi connectivity index (χ0) is 41.2. The number of hydrogen-bond donors (Lipinski definition) is 2. The van der Waals surface area contributed by atoms with Crippen molar-refractivity contribution in [2.75, 3.05) is 93.1 Å². The third-order valence-electron chi connectivity index (χ3n) is 10.7. The molecular formula is C41H57N5O10S. The van der Waals surface area contributed by atoms with Gasteiger partial charge in [0.1, 0.15) is 0 Å². The van der Waals surface area contributed by atoms with Gasteiger partial charge >= 0.3 is 0 Å². The van der Waals surface area contributed by atoms with Gasteiger partial charge in [-0.25, -0.2) is 4.98 Å². The minimum atomic E-state index is -3.67. The average molecular weight is 812 g/mol. The minimum absolute atomic E-state index is 0.0687.